The predicted octanol–water partition coefficient (Wildman–Crippen LogP) is 3.88. The van der Waals surface area contributed by atoms with Crippen LogP contribution in [-0.2, 0) is 28.9 Å². The molecule has 3 aromatic rings. The van der Waals surface area contributed by atoms with Crippen molar-refractivity contribution in [2.75, 3.05) is 12.4 Å². The lowest BCUT2D eigenvalue weighted by Crippen LogP contribution is -2.39. The molecule has 0 unspecified atom stereocenters. The van der Waals surface area contributed by atoms with Crippen LogP contribution in [0.1, 0.15) is 40.1 Å². The normalized spacial score (nSPS) is 13.6. The van der Waals surface area contributed by atoms with Crippen LogP contribution < -0.4 is 9.88 Å². The second kappa shape index (κ2) is 8.10. The number of ether oxygens (including phenoxy) is 1. The SMILES string of the molecule is COC(=O)c1c(NC(=O)C[n+]2ccc3ccccc3c2)sc2c1CCCCC2. The largest absolute Gasteiger partial charge is 0.465 e. The van der Waals surface area contributed by atoms with Crippen molar-refractivity contribution < 1.29 is 18.9 Å². The van der Waals surface area contributed by atoms with Crippen molar-refractivity contribution >= 4 is 39.0 Å². The summed E-state index contributed by atoms with van der Waals surface area (Å²) in [5.74, 6) is -0.519. The van der Waals surface area contributed by atoms with Gasteiger partial charge in [-0.1, -0.05) is 24.6 Å². The van der Waals surface area contributed by atoms with E-state index >= 15 is 0 Å². The number of anilines is 1. The Bertz CT molecular complexity index is 1040. The molecule has 1 aliphatic rings. The Morgan fingerprint density at radius 2 is 1.89 bits per heavy atom. The van der Waals surface area contributed by atoms with Crippen LogP contribution >= 0.6 is 11.3 Å². The van der Waals surface area contributed by atoms with Crippen LogP contribution in [0.5, 0.6) is 0 Å². The van der Waals surface area contributed by atoms with Gasteiger partial charge in [-0.15, -0.1) is 11.3 Å². The van der Waals surface area contributed by atoms with Gasteiger partial charge in [-0.2, -0.15) is 4.57 Å². The van der Waals surface area contributed by atoms with Crippen molar-refractivity contribution in [3.63, 3.8) is 0 Å². The molecule has 0 saturated carbocycles. The minimum atomic E-state index is -0.368. The number of rotatable bonds is 4. The van der Waals surface area contributed by atoms with Gasteiger partial charge in [0.15, 0.2) is 12.4 Å². The number of methoxy groups -OCH3 is 1. The quantitative estimate of drug-likeness (QED) is 0.414. The summed E-state index contributed by atoms with van der Waals surface area (Å²) in [6.07, 6.45) is 9.03. The summed E-state index contributed by atoms with van der Waals surface area (Å²) in [5.41, 5.74) is 1.60. The van der Waals surface area contributed by atoms with Crippen LogP contribution in [0.2, 0.25) is 0 Å². The van der Waals surface area contributed by atoms with Gasteiger partial charge in [0.05, 0.1) is 12.7 Å². The summed E-state index contributed by atoms with van der Waals surface area (Å²) in [5, 5.41) is 5.79. The molecule has 1 aromatic carbocycles. The first-order valence-electron chi connectivity index (χ1n) is 9.56. The van der Waals surface area contributed by atoms with E-state index in [9.17, 15) is 9.59 Å². The Morgan fingerprint density at radius 1 is 1.11 bits per heavy atom. The zero-order valence-corrected chi connectivity index (χ0v) is 16.7. The summed E-state index contributed by atoms with van der Waals surface area (Å²) in [4.78, 5) is 26.3. The molecule has 0 radical (unpaired) electrons. The Labute approximate surface area is 168 Å². The van der Waals surface area contributed by atoms with E-state index in [-0.39, 0.29) is 18.4 Å². The number of carbonyl (C=O) groups is 2. The number of hydrogen-bond donors (Lipinski definition) is 1. The van der Waals surface area contributed by atoms with E-state index in [1.807, 2.05) is 47.3 Å². The molecule has 5 nitrogen and oxygen atoms in total. The number of thiophene rings is 1. The first-order valence-corrected chi connectivity index (χ1v) is 10.4. The fourth-order valence-electron chi connectivity index (χ4n) is 3.76. The molecule has 4 rings (SSSR count). The molecule has 0 fully saturated rings. The minimum Gasteiger partial charge on any atom is -0.465 e. The minimum absolute atomic E-state index is 0.151. The van der Waals surface area contributed by atoms with Crippen molar-refractivity contribution in [2.24, 2.45) is 0 Å². The highest BCUT2D eigenvalue weighted by atomic mass is 32.1. The van der Waals surface area contributed by atoms with Crippen molar-refractivity contribution in [3.05, 3.63) is 58.7 Å². The smallest absolute Gasteiger partial charge is 0.341 e. The predicted molar refractivity (Wildman–Crippen MR) is 110 cm³/mol. The van der Waals surface area contributed by atoms with E-state index in [4.69, 9.17) is 4.74 Å². The van der Waals surface area contributed by atoms with E-state index in [1.165, 1.54) is 29.7 Å². The van der Waals surface area contributed by atoms with Gasteiger partial charge >= 0.3 is 5.97 Å². The summed E-state index contributed by atoms with van der Waals surface area (Å²) in [6.45, 7) is 0.189. The molecule has 2 heterocycles. The van der Waals surface area contributed by atoms with Gasteiger partial charge in [0.25, 0.3) is 5.91 Å². The molecule has 0 spiro atoms. The molecule has 0 aliphatic heterocycles. The van der Waals surface area contributed by atoms with E-state index in [2.05, 4.69) is 5.32 Å². The number of aromatic nitrogens is 1. The Balaban J connectivity index is 1.57. The first-order chi connectivity index (χ1) is 13.7. The van der Waals surface area contributed by atoms with Crippen molar-refractivity contribution in [2.45, 2.75) is 38.6 Å². The zero-order valence-electron chi connectivity index (χ0n) is 15.9. The Kier molecular flexibility index (Phi) is 5.39. The highest BCUT2D eigenvalue weighted by Gasteiger charge is 2.26. The van der Waals surface area contributed by atoms with Crippen LogP contribution in [-0.4, -0.2) is 19.0 Å². The van der Waals surface area contributed by atoms with Gasteiger partial charge in [0, 0.05) is 16.3 Å². The van der Waals surface area contributed by atoms with Gasteiger partial charge < -0.3 is 10.1 Å². The lowest BCUT2D eigenvalue weighted by molar-refractivity contribution is -0.682. The summed E-state index contributed by atoms with van der Waals surface area (Å²) in [7, 11) is 1.39. The lowest BCUT2D eigenvalue weighted by atomic mass is 10.1. The molecule has 0 atom stereocenters. The fourth-order valence-corrected chi connectivity index (χ4v) is 5.05. The number of fused-ring (bicyclic) bond motifs is 2. The van der Waals surface area contributed by atoms with Gasteiger partial charge in [-0.3, -0.25) is 4.79 Å². The fraction of sp³-hybridized carbons (Fsp3) is 0.318. The van der Waals surface area contributed by atoms with E-state index in [0.29, 0.717) is 10.6 Å². The molecule has 0 bridgehead atoms. The zero-order chi connectivity index (χ0) is 19.5. The van der Waals surface area contributed by atoms with Gasteiger partial charge in [-0.05, 0) is 42.7 Å². The van der Waals surface area contributed by atoms with E-state index in [1.54, 1.807) is 0 Å². The molecule has 0 saturated heterocycles. The molecule has 1 amide bonds. The second-order valence-corrected chi connectivity index (χ2v) is 8.16. The maximum absolute atomic E-state index is 12.7. The van der Waals surface area contributed by atoms with Gasteiger partial charge in [-0.25, -0.2) is 4.79 Å². The highest BCUT2D eigenvalue weighted by Crippen LogP contribution is 2.37. The summed E-state index contributed by atoms with van der Waals surface area (Å²) < 4.78 is 6.86. The monoisotopic (exact) mass is 395 g/mol. The van der Waals surface area contributed by atoms with E-state index in [0.717, 1.165) is 42.0 Å². The van der Waals surface area contributed by atoms with Crippen LogP contribution in [0.3, 0.4) is 0 Å². The van der Waals surface area contributed by atoms with E-state index < -0.39 is 0 Å². The van der Waals surface area contributed by atoms with Crippen LogP contribution in [0.25, 0.3) is 10.8 Å². The summed E-state index contributed by atoms with van der Waals surface area (Å²) in [6, 6.07) is 10.0. The standard InChI is InChI=1S/C22H22N2O3S/c1-27-22(26)20-17-9-3-2-4-10-18(17)28-21(20)23-19(25)14-24-12-11-15-7-5-6-8-16(15)13-24/h5-8,11-13H,2-4,9-10,14H2,1H3/p+1. The highest BCUT2D eigenvalue weighted by molar-refractivity contribution is 7.17. The van der Waals surface area contributed by atoms with Gasteiger partial charge in [0.2, 0.25) is 6.54 Å². The Morgan fingerprint density at radius 3 is 2.71 bits per heavy atom. The third-order valence-corrected chi connectivity index (χ3v) is 6.34. The van der Waals surface area contributed by atoms with Crippen LogP contribution in [0, 0.1) is 0 Å². The third kappa shape index (κ3) is 3.78. The molecule has 1 N–H and O–H groups in total. The number of nitrogens with one attached hydrogen (secondary N) is 1. The maximum Gasteiger partial charge on any atom is 0.341 e. The molecule has 144 valence electrons. The number of esters is 1. The maximum atomic E-state index is 12.7. The number of aryl methyl sites for hydroxylation is 1. The molecule has 2 aromatic heterocycles. The lowest BCUT2D eigenvalue weighted by Gasteiger charge is -2.06. The molecule has 28 heavy (non-hydrogen) atoms. The number of amides is 1. The molecular formula is C22H23N2O3S+. The van der Waals surface area contributed by atoms with Crippen LogP contribution in [0.4, 0.5) is 5.00 Å². The average molecular weight is 396 g/mol. The second-order valence-electron chi connectivity index (χ2n) is 7.05. The third-order valence-electron chi connectivity index (χ3n) is 5.14. The number of nitrogens with zero attached hydrogens (tertiary/aromatic N) is 1. The van der Waals surface area contributed by atoms with Gasteiger partial charge in [0.1, 0.15) is 5.00 Å². The first kappa shape index (κ1) is 18.6. The average Bonchev–Trinajstić information content (AvgIpc) is 2.87. The molecule has 1 aliphatic carbocycles. The van der Waals surface area contributed by atoms with Crippen molar-refractivity contribution in [1.29, 1.82) is 0 Å². The Hall–Kier alpha value is -2.73. The van der Waals surface area contributed by atoms with Crippen molar-refractivity contribution in [1.82, 2.24) is 0 Å². The topological polar surface area (TPSA) is 59.3 Å². The van der Waals surface area contributed by atoms with Crippen molar-refractivity contribution in [3.8, 4) is 0 Å². The number of hydrogen-bond acceptors (Lipinski definition) is 4. The summed E-state index contributed by atoms with van der Waals surface area (Å²) >= 11 is 1.52. The molecule has 6 heteroatoms. The number of benzene rings is 1. The van der Waals surface area contributed by atoms with Crippen LogP contribution in [0.15, 0.2) is 42.7 Å². The molecular weight excluding hydrogens is 372 g/mol. The number of pyridine rings is 1. The number of carbonyl (C=O) groups excluding carboxylic acids is 2.